The van der Waals surface area contributed by atoms with E-state index in [-0.39, 0.29) is 33.7 Å². The van der Waals surface area contributed by atoms with E-state index in [1.165, 1.54) is 16.7 Å². The molecule has 4 heterocycles. The van der Waals surface area contributed by atoms with Gasteiger partial charge < -0.3 is 10.2 Å². The summed E-state index contributed by atoms with van der Waals surface area (Å²) in [5, 5.41) is 7.57. The second-order valence-electron chi connectivity index (χ2n) is 10.7. The van der Waals surface area contributed by atoms with Crippen molar-refractivity contribution in [1.82, 2.24) is 29.0 Å². The number of fused-ring (bicyclic) bond motifs is 1. The van der Waals surface area contributed by atoms with Gasteiger partial charge >= 0.3 is 0 Å². The predicted molar refractivity (Wildman–Crippen MR) is 163 cm³/mol. The molecule has 0 saturated carbocycles. The number of aryl methyl sites for hydroxylation is 2. The van der Waals surface area contributed by atoms with Crippen molar-refractivity contribution in [2.45, 2.75) is 38.6 Å². The van der Waals surface area contributed by atoms with Gasteiger partial charge in [0, 0.05) is 42.7 Å². The van der Waals surface area contributed by atoms with Crippen LogP contribution in [0.5, 0.6) is 0 Å². The first kappa shape index (κ1) is 26.6. The van der Waals surface area contributed by atoms with Crippen LogP contribution in [0.15, 0.2) is 35.3 Å². The minimum atomic E-state index is -3.87. The van der Waals surface area contributed by atoms with Crippen LogP contribution >= 0.6 is 11.6 Å². The second-order valence-corrected chi connectivity index (χ2v) is 12.8. The molecule has 0 spiro atoms. The maximum Gasteiger partial charge on any atom is 0.285 e. The van der Waals surface area contributed by atoms with E-state index in [2.05, 4.69) is 15.4 Å². The molecule has 1 amide bonds. The maximum absolute atomic E-state index is 14.6. The predicted octanol–water partition coefficient (Wildman–Crippen LogP) is 3.41. The normalized spacial score (nSPS) is 16.4. The molecule has 15 heteroatoms. The van der Waals surface area contributed by atoms with E-state index in [0.29, 0.717) is 53.0 Å². The summed E-state index contributed by atoms with van der Waals surface area (Å²) in [6, 6.07) is 6.04. The minimum Gasteiger partial charge on any atom is -0.377 e. The number of carbonyl (C=O) groups is 1. The Labute approximate surface area is 257 Å². The summed E-state index contributed by atoms with van der Waals surface area (Å²) in [4.78, 5) is 37.2. The third-order valence-corrected chi connectivity index (χ3v) is 8.15. The highest BCUT2D eigenvalue weighted by molar-refractivity contribution is 7.89. The van der Waals surface area contributed by atoms with Crippen LogP contribution < -0.4 is 20.5 Å². The van der Waals surface area contributed by atoms with Gasteiger partial charge in [-0.3, -0.25) is 18.8 Å². The first-order valence-electron chi connectivity index (χ1n) is 14.9. The zero-order chi connectivity index (χ0) is 33.7. The Morgan fingerprint density at radius 2 is 1.95 bits per heavy atom. The third kappa shape index (κ3) is 6.34. The summed E-state index contributed by atoms with van der Waals surface area (Å²) >= 11 is 6.01. The molecule has 0 radical (unpaired) electrons. The zero-order valence-electron chi connectivity index (χ0n) is 26.9. The molecular formula is C28H32ClFN8O4S. The SMILES string of the molecule is [2H]C([2H])([2H])n1cc(F)c(C2CCN(c3nc4c([C@@H](C)Nc5ccc(Cl)nc5C(=O)NS(C)(=O)=O)cc(C)cc4c(=O)n3C)CC2)n1. The molecule has 1 aromatic carbocycles. The van der Waals surface area contributed by atoms with Gasteiger partial charge in [-0.05, 0) is 50.5 Å². The van der Waals surface area contributed by atoms with Crippen molar-refractivity contribution in [1.29, 1.82) is 0 Å². The number of benzene rings is 1. The molecule has 1 aliphatic heterocycles. The summed E-state index contributed by atoms with van der Waals surface area (Å²) in [6.45, 7) is 1.90. The number of carbonyl (C=O) groups excluding carboxylic acids is 1. The molecule has 0 aliphatic carbocycles. The summed E-state index contributed by atoms with van der Waals surface area (Å²) in [6.07, 6.45) is 2.67. The second kappa shape index (κ2) is 11.6. The summed E-state index contributed by atoms with van der Waals surface area (Å²) in [7, 11) is -2.25. The van der Waals surface area contributed by atoms with E-state index in [1.807, 2.05) is 22.6 Å². The minimum absolute atomic E-state index is 0.00944. The van der Waals surface area contributed by atoms with Crippen molar-refractivity contribution < 1.29 is 21.7 Å². The number of halogens is 2. The summed E-state index contributed by atoms with van der Waals surface area (Å²) in [5.74, 6) is -1.53. The van der Waals surface area contributed by atoms with Crippen LogP contribution in [0.2, 0.25) is 5.15 Å². The highest BCUT2D eigenvalue weighted by Gasteiger charge is 2.28. The lowest BCUT2D eigenvalue weighted by atomic mass is 9.93. The van der Waals surface area contributed by atoms with Crippen molar-refractivity contribution in [2.24, 2.45) is 14.0 Å². The first-order chi connectivity index (χ1) is 21.4. The molecule has 0 bridgehead atoms. The molecule has 12 nitrogen and oxygen atoms in total. The number of nitrogens with one attached hydrogen (secondary N) is 2. The Balaban J connectivity index is 1.46. The number of anilines is 2. The van der Waals surface area contributed by atoms with Gasteiger partial charge in [0.05, 0.1) is 35.1 Å². The van der Waals surface area contributed by atoms with E-state index in [0.717, 1.165) is 18.0 Å². The van der Waals surface area contributed by atoms with Crippen molar-refractivity contribution in [3.63, 3.8) is 0 Å². The average Bonchev–Trinajstić information content (AvgIpc) is 3.37. The van der Waals surface area contributed by atoms with E-state index in [9.17, 15) is 22.4 Å². The number of sulfonamides is 1. The lowest BCUT2D eigenvalue weighted by Gasteiger charge is -2.33. The highest BCUT2D eigenvalue weighted by atomic mass is 35.5. The van der Waals surface area contributed by atoms with Gasteiger partial charge in [0.25, 0.3) is 11.5 Å². The van der Waals surface area contributed by atoms with Crippen LogP contribution in [0.1, 0.15) is 63.1 Å². The van der Waals surface area contributed by atoms with Crippen molar-refractivity contribution in [3.05, 3.63) is 74.3 Å². The largest absolute Gasteiger partial charge is 0.377 e. The highest BCUT2D eigenvalue weighted by Crippen LogP contribution is 2.32. The number of hydrogen-bond donors (Lipinski definition) is 2. The summed E-state index contributed by atoms with van der Waals surface area (Å²) in [5.41, 5.74) is 1.69. The molecule has 3 aromatic heterocycles. The molecule has 1 saturated heterocycles. The average molecular weight is 634 g/mol. The van der Waals surface area contributed by atoms with Crippen molar-refractivity contribution in [2.75, 3.05) is 29.6 Å². The molecule has 4 aromatic rings. The third-order valence-electron chi connectivity index (χ3n) is 7.38. The molecular weight excluding hydrogens is 599 g/mol. The van der Waals surface area contributed by atoms with Gasteiger partial charge in [0.1, 0.15) is 10.8 Å². The smallest absolute Gasteiger partial charge is 0.285 e. The lowest BCUT2D eigenvalue weighted by molar-refractivity contribution is 0.0977. The molecule has 1 fully saturated rings. The number of aromatic nitrogens is 5. The fourth-order valence-electron chi connectivity index (χ4n) is 5.40. The number of rotatable bonds is 7. The monoisotopic (exact) mass is 633 g/mol. The van der Waals surface area contributed by atoms with Gasteiger partial charge in [-0.1, -0.05) is 17.7 Å². The maximum atomic E-state index is 14.6. The van der Waals surface area contributed by atoms with Crippen molar-refractivity contribution in [3.8, 4) is 0 Å². The molecule has 0 unspecified atom stereocenters. The Bertz CT molecular complexity index is 2010. The number of amides is 1. The van der Waals surface area contributed by atoms with Crippen LogP contribution in [-0.4, -0.2) is 58.0 Å². The van der Waals surface area contributed by atoms with Crippen LogP contribution in [-0.2, 0) is 24.0 Å². The van der Waals surface area contributed by atoms with E-state index in [1.54, 1.807) is 20.0 Å². The van der Waals surface area contributed by atoms with Crippen molar-refractivity contribution >= 4 is 50.1 Å². The first-order valence-corrected chi connectivity index (χ1v) is 15.7. The van der Waals surface area contributed by atoms with E-state index in [4.69, 9.17) is 20.7 Å². The van der Waals surface area contributed by atoms with E-state index >= 15 is 0 Å². The molecule has 1 atom stereocenters. The van der Waals surface area contributed by atoms with Gasteiger partial charge in [0.15, 0.2) is 11.5 Å². The Hall–Kier alpha value is -4.04. The zero-order valence-corrected chi connectivity index (χ0v) is 25.4. The number of piperidine rings is 1. The molecule has 43 heavy (non-hydrogen) atoms. The topological polar surface area (TPSA) is 144 Å². The van der Waals surface area contributed by atoms with Crippen LogP contribution in [0.4, 0.5) is 16.0 Å². The fraction of sp³-hybridized carbons (Fsp3) is 0.393. The molecule has 228 valence electrons. The van der Waals surface area contributed by atoms with E-state index < -0.39 is 34.8 Å². The van der Waals surface area contributed by atoms with Crippen LogP contribution in [0.3, 0.4) is 0 Å². The number of pyridine rings is 1. The molecule has 1 aliphatic rings. The molecule has 5 rings (SSSR count). The Morgan fingerprint density at radius 1 is 1.23 bits per heavy atom. The fourth-order valence-corrected chi connectivity index (χ4v) is 5.98. The lowest BCUT2D eigenvalue weighted by Crippen LogP contribution is -2.38. The Morgan fingerprint density at radius 3 is 2.60 bits per heavy atom. The number of nitrogens with zero attached hydrogens (tertiary/aromatic N) is 6. The number of hydrogen-bond acceptors (Lipinski definition) is 9. The Kier molecular flexibility index (Phi) is 7.15. The quantitative estimate of drug-likeness (QED) is 0.293. The van der Waals surface area contributed by atoms with Crippen LogP contribution in [0.25, 0.3) is 10.9 Å². The van der Waals surface area contributed by atoms with Gasteiger partial charge in [-0.15, -0.1) is 0 Å². The molecule has 2 N–H and O–H groups in total. The van der Waals surface area contributed by atoms with Gasteiger partial charge in [-0.2, -0.15) is 5.10 Å². The van der Waals surface area contributed by atoms with Gasteiger partial charge in [0.2, 0.25) is 16.0 Å². The van der Waals surface area contributed by atoms with Crippen LogP contribution in [0, 0.1) is 12.7 Å². The summed E-state index contributed by atoms with van der Waals surface area (Å²) < 4.78 is 64.6. The van der Waals surface area contributed by atoms with Gasteiger partial charge in [-0.25, -0.2) is 27.5 Å². The standard InChI is InChI=1S/C28H32ClFN8O4S/c1-15-12-18(16(2)31-21-6-7-22(29)32-25(21)26(39)35-43(5,41)42)24-19(13-15)27(40)37(4)28(33-24)38-10-8-17(9-11-38)23-20(30)14-36(3)34-23/h6-7,12-14,16-17,31H,8-11H2,1-5H3,(H,35,39)/t16-/m1/s1/i3D3.